The van der Waals surface area contributed by atoms with E-state index in [1.807, 2.05) is 18.2 Å². The highest BCUT2D eigenvalue weighted by molar-refractivity contribution is 6.94. The molecule has 0 unspecified atom stereocenters. The molecule has 0 aliphatic rings. The number of ether oxygens (including phenoxy) is 1. The fraction of sp³-hybridized carbons (Fsp3) is 0.130. The van der Waals surface area contributed by atoms with Crippen LogP contribution in [0, 0.1) is 0 Å². The lowest BCUT2D eigenvalue weighted by atomic mass is 10.1. The van der Waals surface area contributed by atoms with Gasteiger partial charge in [-0.05, 0) is 48.1 Å². The van der Waals surface area contributed by atoms with E-state index < -0.39 is 8.24 Å². The minimum atomic E-state index is -2.03. The third-order valence-electron chi connectivity index (χ3n) is 4.75. The van der Waals surface area contributed by atoms with Gasteiger partial charge >= 0.3 is 0 Å². The van der Waals surface area contributed by atoms with Gasteiger partial charge in [0.2, 0.25) is 0 Å². The Balaban J connectivity index is 2.10. The molecule has 0 fully saturated rings. The Hall–Kier alpha value is -2.78. The molecule has 0 bridgehead atoms. The fourth-order valence-corrected chi connectivity index (χ4v) is 6.15. The van der Waals surface area contributed by atoms with Crippen molar-refractivity contribution in [3.63, 3.8) is 0 Å². The minimum absolute atomic E-state index is 0.859. The predicted molar refractivity (Wildman–Crippen MR) is 115 cm³/mol. The molecule has 132 valence electrons. The highest BCUT2D eigenvalue weighted by Gasteiger charge is 2.34. The summed E-state index contributed by atoms with van der Waals surface area (Å²) in [4.78, 5) is 0. The Morgan fingerprint density at radius 1 is 0.808 bits per heavy atom. The van der Waals surface area contributed by atoms with Crippen molar-refractivity contribution in [2.75, 3.05) is 11.7 Å². The average Bonchev–Trinajstić information content (AvgIpc) is 2.70. The Bertz CT molecular complexity index is 858. The molecule has 0 radical (unpaired) electrons. The van der Waals surface area contributed by atoms with Crippen molar-refractivity contribution in [3.8, 4) is 5.75 Å². The lowest BCUT2D eigenvalue weighted by Crippen LogP contribution is -2.57. The second kappa shape index (κ2) is 7.62. The summed E-state index contributed by atoms with van der Waals surface area (Å²) in [7, 11) is -0.337. The molecule has 0 amide bonds. The maximum atomic E-state index is 5.33. The van der Waals surface area contributed by atoms with Crippen LogP contribution in [0.4, 0.5) is 5.69 Å². The summed E-state index contributed by atoms with van der Waals surface area (Å²) in [6.45, 7) is 9.19. The molecule has 0 N–H and O–H groups in total. The summed E-state index contributed by atoms with van der Waals surface area (Å²) < 4.78 is 7.76. The molecule has 26 heavy (non-hydrogen) atoms. The normalized spacial score (nSPS) is 11.0. The first-order valence-corrected chi connectivity index (χ1v) is 11.7. The molecule has 3 aromatic rings. The highest BCUT2D eigenvalue weighted by atomic mass is 28.3. The van der Waals surface area contributed by atoms with Crippen molar-refractivity contribution >= 4 is 24.8 Å². The zero-order valence-corrected chi connectivity index (χ0v) is 16.6. The van der Waals surface area contributed by atoms with Crippen molar-refractivity contribution in [3.05, 3.63) is 97.1 Å². The van der Waals surface area contributed by atoms with E-state index in [4.69, 9.17) is 4.74 Å². The predicted octanol–water partition coefficient (Wildman–Crippen LogP) is 5.28. The van der Waals surface area contributed by atoms with E-state index in [1.165, 1.54) is 5.19 Å². The number of hydrogen-bond donors (Lipinski definition) is 0. The molecular weight excluding hydrogens is 334 g/mol. The molecule has 3 aromatic carbocycles. The van der Waals surface area contributed by atoms with Gasteiger partial charge < -0.3 is 9.30 Å². The third kappa shape index (κ3) is 3.58. The van der Waals surface area contributed by atoms with E-state index in [1.54, 1.807) is 7.11 Å². The maximum Gasteiger partial charge on any atom is 0.187 e. The minimum Gasteiger partial charge on any atom is -0.497 e. The number of methoxy groups -OCH3 is 1. The first-order chi connectivity index (χ1) is 12.5. The summed E-state index contributed by atoms with van der Waals surface area (Å²) in [5, 5.41) is 1.37. The van der Waals surface area contributed by atoms with E-state index >= 15 is 0 Å². The van der Waals surface area contributed by atoms with Crippen LogP contribution in [0.1, 0.15) is 5.56 Å². The molecule has 0 saturated carbocycles. The Kier molecular flexibility index (Phi) is 5.28. The van der Waals surface area contributed by atoms with Gasteiger partial charge in [-0.15, -0.1) is 0 Å². The molecule has 0 saturated heterocycles. The molecule has 0 aliphatic heterocycles. The van der Waals surface area contributed by atoms with Crippen LogP contribution >= 0.6 is 0 Å². The molecule has 0 aromatic heterocycles. The largest absolute Gasteiger partial charge is 0.497 e. The van der Waals surface area contributed by atoms with Gasteiger partial charge in [-0.2, -0.15) is 0 Å². The number of nitrogens with zero attached hydrogens (tertiary/aromatic N) is 1. The van der Waals surface area contributed by atoms with E-state index in [0.717, 1.165) is 22.7 Å². The van der Waals surface area contributed by atoms with Crippen molar-refractivity contribution in [1.29, 1.82) is 0 Å². The van der Waals surface area contributed by atoms with Gasteiger partial charge in [-0.1, -0.05) is 67.2 Å². The van der Waals surface area contributed by atoms with Crippen LogP contribution in [-0.2, 0) is 0 Å². The first-order valence-electron chi connectivity index (χ1n) is 8.78. The Morgan fingerprint density at radius 2 is 1.35 bits per heavy atom. The van der Waals surface area contributed by atoms with Gasteiger partial charge in [-0.3, -0.25) is 0 Å². The number of anilines is 1. The van der Waals surface area contributed by atoms with Crippen LogP contribution in [0.2, 0.25) is 13.1 Å². The molecule has 3 rings (SSSR count). The molecular formula is C23H25NOSi. The van der Waals surface area contributed by atoms with Gasteiger partial charge in [-0.25, -0.2) is 0 Å². The van der Waals surface area contributed by atoms with E-state index in [2.05, 4.69) is 91.0 Å². The lowest BCUT2D eigenvalue weighted by Gasteiger charge is -2.40. The highest BCUT2D eigenvalue weighted by Crippen LogP contribution is 2.32. The number of benzene rings is 3. The van der Waals surface area contributed by atoms with Gasteiger partial charge in [0.15, 0.2) is 8.24 Å². The standard InChI is InChI=1S/C23H25NOSi/c1-19(20-11-7-5-8-12-20)24(21-15-17-22(25-2)18-16-21)26(3,4)23-13-9-6-10-14-23/h5-18H,1H2,2-4H3. The van der Waals surface area contributed by atoms with Crippen LogP contribution in [-0.4, -0.2) is 15.3 Å². The van der Waals surface area contributed by atoms with E-state index in [-0.39, 0.29) is 0 Å². The monoisotopic (exact) mass is 359 g/mol. The second-order valence-corrected chi connectivity index (χ2v) is 10.9. The SMILES string of the molecule is C=C(c1ccccc1)N(c1ccc(OC)cc1)[Si](C)(C)c1ccccc1. The van der Waals surface area contributed by atoms with Crippen LogP contribution in [0.3, 0.4) is 0 Å². The lowest BCUT2D eigenvalue weighted by molar-refractivity contribution is 0.415. The third-order valence-corrected chi connectivity index (χ3v) is 8.14. The summed E-state index contributed by atoms with van der Waals surface area (Å²) in [5.74, 6) is 0.859. The maximum absolute atomic E-state index is 5.33. The fourth-order valence-electron chi connectivity index (χ4n) is 3.28. The average molecular weight is 360 g/mol. The van der Waals surface area contributed by atoms with Crippen LogP contribution in [0.25, 0.3) is 5.70 Å². The van der Waals surface area contributed by atoms with Crippen molar-refractivity contribution in [1.82, 2.24) is 0 Å². The van der Waals surface area contributed by atoms with Gasteiger partial charge in [0, 0.05) is 11.4 Å². The first kappa shape index (κ1) is 18.0. The van der Waals surface area contributed by atoms with E-state index in [0.29, 0.717) is 0 Å². The summed E-state index contributed by atoms with van der Waals surface area (Å²) >= 11 is 0. The quantitative estimate of drug-likeness (QED) is 0.555. The Labute approximate surface area is 157 Å². The molecule has 3 heteroatoms. The zero-order chi connectivity index (χ0) is 18.6. The smallest absolute Gasteiger partial charge is 0.187 e. The topological polar surface area (TPSA) is 12.5 Å². The van der Waals surface area contributed by atoms with Crippen LogP contribution in [0.5, 0.6) is 5.75 Å². The number of rotatable bonds is 6. The van der Waals surface area contributed by atoms with Gasteiger partial charge in [0.1, 0.15) is 5.75 Å². The molecule has 0 aliphatic carbocycles. The zero-order valence-electron chi connectivity index (χ0n) is 15.6. The Morgan fingerprint density at radius 3 is 1.88 bits per heavy atom. The summed E-state index contributed by atoms with van der Waals surface area (Å²) in [6.07, 6.45) is 0. The summed E-state index contributed by atoms with van der Waals surface area (Å²) in [5.41, 5.74) is 3.30. The molecule has 0 heterocycles. The van der Waals surface area contributed by atoms with E-state index in [9.17, 15) is 0 Å². The summed E-state index contributed by atoms with van der Waals surface area (Å²) in [6, 6.07) is 29.4. The van der Waals surface area contributed by atoms with Crippen molar-refractivity contribution in [2.24, 2.45) is 0 Å². The van der Waals surface area contributed by atoms with Gasteiger partial charge in [0.05, 0.1) is 7.11 Å². The van der Waals surface area contributed by atoms with Crippen LogP contribution in [0.15, 0.2) is 91.5 Å². The number of hydrogen-bond acceptors (Lipinski definition) is 2. The second-order valence-electron chi connectivity index (χ2n) is 6.77. The van der Waals surface area contributed by atoms with Crippen LogP contribution < -0.4 is 14.5 Å². The van der Waals surface area contributed by atoms with Gasteiger partial charge in [0.25, 0.3) is 0 Å². The molecule has 0 spiro atoms. The molecule has 2 nitrogen and oxygen atoms in total. The van der Waals surface area contributed by atoms with Crippen molar-refractivity contribution in [2.45, 2.75) is 13.1 Å². The van der Waals surface area contributed by atoms with Crippen molar-refractivity contribution < 1.29 is 4.74 Å². The molecule has 0 atom stereocenters.